The Balaban J connectivity index is 2.19. The first-order valence-electron chi connectivity index (χ1n) is 1.64. The Morgan fingerprint density at radius 1 is 1.80 bits per heavy atom. The molecule has 5 heavy (non-hydrogen) atoms. The predicted octanol–water partition coefficient (Wildman–Crippen LogP) is 0.725. The Kier molecular flexibility index (Phi) is 4.73. The third kappa shape index (κ3) is 4.39. The first-order valence-corrected chi connectivity index (χ1v) is 3.35. The van der Waals surface area contributed by atoms with E-state index in [4.69, 9.17) is 0 Å². The van der Waals surface area contributed by atoms with E-state index < -0.39 is 0 Å². The van der Waals surface area contributed by atoms with Crippen LogP contribution in [-0.4, -0.2) is 19.4 Å². The minimum Gasteiger partial charge on any atom is -0.236 e. The molecule has 0 amide bonds. The highest BCUT2D eigenvalue weighted by Gasteiger charge is 1.70. The van der Waals surface area contributed by atoms with Crippen LogP contribution in [0.3, 0.4) is 0 Å². The summed E-state index contributed by atoms with van der Waals surface area (Å²) < 4.78 is 0. The summed E-state index contributed by atoms with van der Waals surface area (Å²) in [6, 6.07) is 0. The molecule has 0 aromatic carbocycles. The molecule has 0 N–H and O–H groups in total. The molecule has 0 saturated carbocycles. The summed E-state index contributed by atoms with van der Waals surface area (Å²) in [4.78, 5) is 0. The maximum Gasteiger partial charge on any atom is 0.0859 e. The SMILES string of the molecule is CPCC[O]. The molecule has 0 saturated heterocycles. The van der Waals surface area contributed by atoms with Crippen molar-refractivity contribution in [3.8, 4) is 0 Å². The Morgan fingerprint density at radius 3 is 2.40 bits per heavy atom. The summed E-state index contributed by atoms with van der Waals surface area (Å²) in [6.07, 6.45) is 0.861. The molecule has 31 valence electrons. The predicted molar refractivity (Wildman–Crippen MR) is 24.7 cm³/mol. The van der Waals surface area contributed by atoms with Crippen molar-refractivity contribution in [1.29, 1.82) is 0 Å². The van der Waals surface area contributed by atoms with Crippen LogP contribution in [0.4, 0.5) is 0 Å². The molecule has 0 bridgehead atoms. The second-order valence-electron chi connectivity index (χ2n) is 0.808. The molecule has 0 aromatic rings. The Hall–Kier alpha value is 0.390. The summed E-state index contributed by atoms with van der Waals surface area (Å²) in [6.45, 7) is 2.15. The molecule has 0 fully saturated rings. The number of hydrogen-bond donors (Lipinski definition) is 0. The Morgan fingerprint density at radius 2 is 2.40 bits per heavy atom. The highest BCUT2D eigenvalue weighted by Crippen LogP contribution is 1.96. The van der Waals surface area contributed by atoms with Gasteiger partial charge in [0.25, 0.3) is 0 Å². The third-order valence-electron chi connectivity index (χ3n) is 0.352. The topological polar surface area (TPSA) is 19.9 Å². The molecule has 0 aliphatic carbocycles. The third-order valence-corrected chi connectivity index (χ3v) is 1.06. The van der Waals surface area contributed by atoms with Crippen LogP contribution in [0.25, 0.3) is 0 Å². The second kappa shape index (κ2) is 4.39. The molecular weight excluding hydrogens is 83.0 g/mol. The lowest BCUT2D eigenvalue weighted by Crippen LogP contribution is -1.76. The fourth-order valence-electron chi connectivity index (χ4n) is 0.102. The monoisotopic (exact) mass is 91.0 g/mol. The molecule has 1 unspecified atom stereocenters. The summed E-state index contributed by atoms with van der Waals surface area (Å²) in [5.74, 6) is 0. The standard InChI is InChI=1S/C3H8OP/c1-5-3-2-4/h5H,2-3H2,1H3. The first kappa shape index (κ1) is 5.39. The van der Waals surface area contributed by atoms with Gasteiger partial charge in [-0.25, -0.2) is 5.11 Å². The van der Waals surface area contributed by atoms with Crippen molar-refractivity contribution < 1.29 is 5.11 Å². The lowest BCUT2D eigenvalue weighted by atomic mass is 10.9. The largest absolute Gasteiger partial charge is 0.236 e. The van der Waals surface area contributed by atoms with Gasteiger partial charge in [-0.15, -0.1) is 8.58 Å². The van der Waals surface area contributed by atoms with Crippen LogP contribution in [0.1, 0.15) is 0 Å². The quantitative estimate of drug-likeness (QED) is 0.446. The zero-order valence-corrected chi connectivity index (χ0v) is 4.32. The molecular formula is C3H8OP. The summed E-state index contributed by atoms with van der Waals surface area (Å²) in [5.41, 5.74) is 0. The zero-order valence-electron chi connectivity index (χ0n) is 3.32. The maximum absolute atomic E-state index is 9.54. The van der Waals surface area contributed by atoms with Crippen LogP contribution in [-0.2, 0) is 5.11 Å². The van der Waals surface area contributed by atoms with Crippen molar-refractivity contribution in [2.45, 2.75) is 0 Å². The average Bonchev–Trinajstić information content (AvgIpc) is 1.41. The molecule has 0 aromatic heterocycles. The molecule has 0 rings (SSSR count). The number of hydrogen-bond acceptors (Lipinski definition) is 0. The lowest BCUT2D eigenvalue weighted by Gasteiger charge is -1.77. The van der Waals surface area contributed by atoms with Crippen molar-refractivity contribution in [3.63, 3.8) is 0 Å². The van der Waals surface area contributed by atoms with Crippen LogP contribution in [0.2, 0.25) is 0 Å². The summed E-state index contributed by atoms with van der Waals surface area (Å²) >= 11 is 0. The zero-order chi connectivity index (χ0) is 4.12. The summed E-state index contributed by atoms with van der Waals surface area (Å²) in [5, 5.41) is 9.54. The van der Waals surface area contributed by atoms with Gasteiger partial charge in [0, 0.05) is 0 Å². The second-order valence-corrected chi connectivity index (χ2v) is 2.01. The van der Waals surface area contributed by atoms with E-state index in [2.05, 4.69) is 0 Å². The lowest BCUT2D eigenvalue weighted by molar-refractivity contribution is 0.215. The van der Waals surface area contributed by atoms with Gasteiger partial charge in [-0.1, -0.05) is 0 Å². The fraction of sp³-hybridized carbons (Fsp3) is 1.00. The van der Waals surface area contributed by atoms with Crippen molar-refractivity contribution in [2.75, 3.05) is 19.4 Å². The minimum atomic E-state index is 0.106. The van der Waals surface area contributed by atoms with E-state index in [-0.39, 0.29) is 6.61 Å². The maximum atomic E-state index is 9.54. The van der Waals surface area contributed by atoms with E-state index in [1.54, 1.807) is 0 Å². The molecule has 1 nitrogen and oxygen atoms in total. The van der Waals surface area contributed by atoms with Crippen LogP contribution >= 0.6 is 8.58 Å². The molecule has 1 radical (unpaired) electrons. The van der Waals surface area contributed by atoms with Crippen molar-refractivity contribution in [1.82, 2.24) is 0 Å². The highest BCUT2D eigenvalue weighted by molar-refractivity contribution is 7.36. The Labute approximate surface area is 34.2 Å². The molecule has 0 heterocycles. The minimum absolute atomic E-state index is 0.106. The van der Waals surface area contributed by atoms with E-state index in [9.17, 15) is 5.11 Å². The van der Waals surface area contributed by atoms with Gasteiger partial charge < -0.3 is 0 Å². The first-order chi connectivity index (χ1) is 2.41. The molecule has 2 heteroatoms. The van der Waals surface area contributed by atoms with Crippen molar-refractivity contribution in [2.24, 2.45) is 0 Å². The number of rotatable bonds is 2. The van der Waals surface area contributed by atoms with Gasteiger partial charge in [0.2, 0.25) is 0 Å². The van der Waals surface area contributed by atoms with Crippen molar-refractivity contribution >= 4 is 8.58 Å². The van der Waals surface area contributed by atoms with Gasteiger partial charge in [-0.3, -0.25) is 0 Å². The van der Waals surface area contributed by atoms with Crippen molar-refractivity contribution in [3.05, 3.63) is 0 Å². The van der Waals surface area contributed by atoms with Gasteiger partial charge in [0.15, 0.2) is 0 Å². The van der Waals surface area contributed by atoms with E-state index in [1.165, 1.54) is 0 Å². The average molecular weight is 91.1 g/mol. The van der Waals surface area contributed by atoms with E-state index in [0.717, 1.165) is 14.7 Å². The van der Waals surface area contributed by atoms with Gasteiger partial charge in [0.1, 0.15) is 0 Å². The van der Waals surface area contributed by atoms with Crippen LogP contribution in [0.5, 0.6) is 0 Å². The van der Waals surface area contributed by atoms with Crippen LogP contribution in [0.15, 0.2) is 0 Å². The van der Waals surface area contributed by atoms with E-state index >= 15 is 0 Å². The molecule has 0 aliphatic rings. The van der Waals surface area contributed by atoms with Gasteiger partial charge in [-0.2, -0.15) is 0 Å². The molecule has 1 atom stereocenters. The van der Waals surface area contributed by atoms with E-state index in [0.29, 0.717) is 0 Å². The smallest absolute Gasteiger partial charge is 0.0859 e. The van der Waals surface area contributed by atoms with Gasteiger partial charge in [0.05, 0.1) is 6.61 Å². The van der Waals surface area contributed by atoms with Crippen LogP contribution in [0, 0.1) is 0 Å². The molecule has 0 aliphatic heterocycles. The van der Waals surface area contributed by atoms with E-state index in [1.807, 2.05) is 6.66 Å². The highest BCUT2D eigenvalue weighted by atomic mass is 31.1. The fourth-order valence-corrected chi connectivity index (χ4v) is 0.306. The summed E-state index contributed by atoms with van der Waals surface area (Å²) in [7, 11) is 0.845. The van der Waals surface area contributed by atoms with Gasteiger partial charge in [-0.05, 0) is 12.8 Å². The Bertz CT molecular complexity index is 14.4. The van der Waals surface area contributed by atoms with Crippen LogP contribution < -0.4 is 0 Å². The molecule has 0 spiro atoms. The van der Waals surface area contributed by atoms with Gasteiger partial charge >= 0.3 is 0 Å². The normalized spacial score (nSPS) is 10.8.